The highest BCUT2D eigenvalue weighted by atomic mass is 16.4. The predicted molar refractivity (Wildman–Crippen MR) is 114 cm³/mol. The first kappa shape index (κ1) is 22.2. The normalized spacial score (nSPS) is 16.9. The molecule has 8 heteroatoms. The molecule has 0 unspecified atom stereocenters. The molecule has 1 saturated heterocycles. The van der Waals surface area contributed by atoms with E-state index in [1.165, 1.54) is 0 Å². The van der Waals surface area contributed by atoms with Crippen molar-refractivity contribution in [1.29, 1.82) is 0 Å². The van der Waals surface area contributed by atoms with Crippen molar-refractivity contribution >= 4 is 5.91 Å². The van der Waals surface area contributed by atoms with E-state index in [1.807, 2.05) is 12.1 Å². The molecule has 1 fully saturated rings. The molecule has 0 radical (unpaired) electrons. The first-order chi connectivity index (χ1) is 14.6. The number of unbranched alkanes of at least 4 members (excludes halogenated alkanes) is 2. The molecule has 2 heterocycles. The molecule has 0 bridgehead atoms. The van der Waals surface area contributed by atoms with Crippen molar-refractivity contribution < 1.29 is 14.3 Å². The number of amides is 1. The fourth-order valence-corrected chi connectivity index (χ4v) is 3.72. The molecular weight excluding hydrogens is 382 g/mol. The first-order valence-corrected chi connectivity index (χ1v) is 10.9. The molecule has 2 atom stereocenters. The van der Waals surface area contributed by atoms with Crippen LogP contribution in [-0.4, -0.2) is 34.3 Å². The van der Waals surface area contributed by atoms with Crippen LogP contribution in [0.25, 0.3) is 0 Å². The molecule has 5 N–H and O–H groups in total. The van der Waals surface area contributed by atoms with Crippen molar-refractivity contribution in [1.82, 2.24) is 20.8 Å². The summed E-state index contributed by atoms with van der Waals surface area (Å²) in [5, 5.41) is 24.3. The lowest BCUT2D eigenvalue weighted by atomic mass is 9.96. The number of nitrogens with one attached hydrogen (secondary N) is 2. The van der Waals surface area contributed by atoms with Gasteiger partial charge >= 0.3 is 0 Å². The summed E-state index contributed by atoms with van der Waals surface area (Å²) in [5.74, 6) is 0.964. The summed E-state index contributed by atoms with van der Waals surface area (Å²) in [6.07, 6.45) is 6.16. The average molecular weight is 416 g/mol. The minimum Gasteiger partial charge on any atom is -0.508 e. The Bertz CT molecular complexity index is 786. The van der Waals surface area contributed by atoms with Gasteiger partial charge in [0.1, 0.15) is 11.8 Å². The molecule has 3 rings (SSSR count). The van der Waals surface area contributed by atoms with E-state index >= 15 is 0 Å². The van der Waals surface area contributed by atoms with Crippen LogP contribution in [0.2, 0.25) is 0 Å². The lowest BCUT2D eigenvalue weighted by molar-refractivity contribution is -0.126. The number of phenolic OH excluding ortho intramolecular Hbond substituents is 1. The van der Waals surface area contributed by atoms with Crippen LogP contribution in [0, 0.1) is 5.92 Å². The Hall–Kier alpha value is -2.45. The maximum atomic E-state index is 12.8. The highest BCUT2D eigenvalue weighted by Gasteiger charge is 2.27. The van der Waals surface area contributed by atoms with Gasteiger partial charge in [0.2, 0.25) is 17.7 Å². The molecule has 1 amide bonds. The maximum absolute atomic E-state index is 12.8. The number of hydrogen-bond donors (Lipinski definition) is 4. The van der Waals surface area contributed by atoms with Gasteiger partial charge in [-0.2, -0.15) is 0 Å². The number of benzene rings is 1. The van der Waals surface area contributed by atoms with Crippen LogP contribution in [0.5, 0.6) is 5.75 Å². The molecule has 1 aliphatic rings. The molecule has 1 aliphatic heterocycles. The summed E-state index contributed by atoms with van der Waals surface area (Å²) in [6, 6.07) is 6.17. The Balaban J connectivity index is 1.73. The smallest absolute Gasteiger partial charge is 0.239 e. The Morgan fingerprint density at radius 2 is 1.93 bits per heavy atom. The third kappa shape index (κ3) is 6.27. The van der Waals surface area contributed by atoms with Crippen LogP contribution in [0.4, 0.5) is 0 Å². The zero-order chi connectivity index (χ0) is 21.3. The van der Waals surface area contributed by atoms with E-state index in [4.69, 9.17) is 10.2 Å². The van der Waals surface area contributed by atoms with Crippen molar-refractivity contribution in [3.63, 3.8) is 0 Å². The third-order valence-corrected chi connectivity index (χ3v) is 5.59. The first-order valence-electron chi connectivity index (χ1n) is 10.9. The number of aromatic nitrogens is 2. The lowest BCUT2D eigenvalue weighted by Crippen LogP contribution is -2.40. The molecule has 8 nitrogen and oxygen atoms in total. The standard InChI is InChI=1S/C22H33N5O3/c1-2-3-4-5-18(23)21-26-27-22(30-21)19(14-15-6-8-17(28)9-7-15)25-20(29)16-10-12-24-13-11-16/h6-9,16,18-19,24,28H,2-5,10-14,23H2,1H3,(H,25,29)/t18-,19-/m0/s1. The number of carbonyl (C=O) groups excluding carboxylic acids is 1. The molecule has 0 aliphatic carbocycles. The minimum atomic E-state index is -0.443. The number of nitrogens with zero attached hydrogens (tertiary/aromatic N) is 2. The van der Waals surface area contributed by atoms with Crippen LogP contribution in [0.15, 0.2) is 28.7 Å². The quantitative estimate of drug-likeness (QED) is 0.440. The summed E-state index contributed by atoms with van der Waals surface area (Å²) in [7, 11) is 0. The molecular formula is C22H33N5O3. The van der Waals surface area contributed by atoms with Gasteiger partial charge in [0.15, 0.2) is 0 Å². The number of nitrogens with two attached hydrogens (primary N) is 1. The molecule has 0 saturated carbocycles. The highest BCUT2D eigenvalue weighted by molar-refractivity contribution is 5.79. The number of hydrogen-bond acceptors (Lipinski definition) is 7. The minimum absolute atomic E-state index is 0.00673. The average Bonchev–Trinajstić information content (AvgIpc) is 3.26. The number of phenols is 1. The maximum Gasteiger partial charge on any atom is 0.239 e. The zero-order valence-electron chi connectivity index (χ0n) is 17.6. The Labute approximate surface area is 177 Å². The largest absolute Gasteiger partial charge is 0.508 e. The molecule has 0 spiro atoms. The van der Waals surface area contributed by atoms with Crippen LogP contribution in [-0.2, 0) is 11.2 Å². The topological polar surface area (TPSA) is 126 Å². The predicted octanol–water partition coefficient (Wildman–Crippen LogP) is 2.75. The van der Waals surface area contributed by atoms with Crippen LogP contribution in [0.3, 0.4) is 0 Å². The van der Waals surface area contributed by atoms with Gasteiger partial charge in [-0.15, -0.1) is 10.2 Å². The second-order valence-electron chi connectivity index (χ2n) is 8.04. The number of carbonyl (C=O) groups is 1. The van der Waals surface area contributed by atoms with Crippen LogP contribution < -0.4 is 16.4 Å². The fraction of sp³-hybridized carbons (Fsp3) is 0.591. The van der Waals surface area contributed by atoms with Crippen molar-refractivity contribution in [3.8, 4) is 5.75 Å². The van der Waals surface area contributed by atoms with E-state index in [1.54, 1.807) is 12.1 Å². The van der Waals surface area contributed by atoms with E-state index in [-0.39, 0.29) is 23.6 Å². The summed E-state index contributed by atoms with van der Waals surface area (Å²) in [5.41, 5.74) is 7.17. The molecule has 1 aromatic heterocycles. The number of aromatic hydroxyl groups is 1. The second kappa shape index (κ2) is 11.1. The van der Waals surface area contributed by atoms with E-state index in [0.717, 1.165) is 57.2 Å². The van der Waals surface area contributed by atoms with E-state index < -0.39 is 6.04 Å². The summed E-state index contributed by atoms with van der Waals surface area (Å²) < 4.78 is 5.90. The van der Waals surface area contributed by atoms with Crippen molar-refractivity contribution in [2.75, 3.05) is 13.1 Å². The Morgan fingerprint density at radius 3 is 2.63 bits per heavy atom. The molecule has 30 heavy (non-hydrogen) atoms. The van der Waals surface area contributed by atoms with Crippen LogP contribution in [0.1, 0.15) is 74.9 Å². The summed E-state index contributed by atoms with van der Waals surface area (Å²) in [6.45, 7) is 3.84. The van der Waals surface area contributed by atoms with Gasteiger partial charge in [0, 0.05) is 12.3 Å². The number of piperidine rings is 1. The van der Waals surface area contributed by atoms with Crippen molar-refractivity contribution in [3.05, 3.63) is 41.6 Å². The molecule has 1 aromatic carbocycles. The van der Waals surface area contributed by atoms with E-state index in [0.29, 0.717) is 18.2 Å². The lowest BCUT2D eigenvalue weighted by Gasteiger charge is -2.24. The molecule has 164 valence electrons. The van der Waals surface area contributed by atoms with Gasteiger partial charge in [-0.05, 0) is 50.0 Å². The van der Waals surface area contributed by atoms with Gasteiger partial charge in [0.05, 0.1) is 6.04 Å². The zero-order valence-corrected chi connectivity index (χ0v) is 17.6. The monoisotopic (exact) mass is 415 g/mol. The highest BCUT2D eigenvalue weighted by Crippen LogP contribution is 2.24. The Kier molecular flexibility index (Phi) is 8.21. The second-order valence-corrected chi connectivity index (χ2v) is 8.04. The number of rotatable bonds is 10. The Morgan fingerprint density at radius 1 is 1.23 bits per heavy atom. The summed E-state index contributed by atoms with van der Waals surface area (Å²) in [4.78, 5) is 12.8. The van der Waals surface area contributed by atoms with Gasteiger partial charge < -0.3 is 25.9 Å². The SMILES string of the molecule is CCCCC[C@H](N)c1nnc([C@H](Cc2ccc(O)cc2)NC(=O)C2CCNCC2)o1. The molecule has 2 aromatic rings. The van der Waals surface area contributed by atoms with Gasteiger partial charge in [-0.1, -0.05) is 38.3 Å². The van der Waals surface area contributed by atoms with E-state index in [2.05, 4.69) is 27.8 Å². The van der Waals surface area contributed by atoms with Crippen LogP contribution >= 0.6 is 0 Å². The van der Waals surface area contributed by atoms with Gasteiger partial charge in [-0.25, -0.2) is 0 Å². The fourth-order valence-electron chi connectivity index (χ4n) is 3.72. The van der Waals surface area contributed by atoms with Crippen molar-refractivity contribution in [2.45, 2.75) is 64.0 Å². The third-order valence-electron chi connectivity index (χ3n) is 5.59. The summed E-state index contributed by atoms with van der Waals surface area (Å²) >= 11 is 0. The van der Waals surface area contributed by atoms with Gasteiger partial charge in [0.25, 0.3) is 0 Å². The van der Waals surface area contributed by atoms with Gasteiger partial charge in [-0.3, -0.25) is 4.79 Å². The van der Waals surface area contributed by atoms with E-state index in [9.17, 15) is 9.90 Å². The van der Waals surface area contributed by atoms with Crippen molar-refractivity contribution in [2.24, 2.45) is 11.7 Å².